The second-order valence-electron chi connectivity index (χ2n) is 5.63. The number of carbonyl (C=O) groups excluding carboxylic acids is 1. The fourth-order valence-electron chi connectivity index (χ4n) is 2.09. The van der Waals surface area contributed by atoms with E-state index < -0.39 is 0 Å². The zero-order valence-corrected chi connectivity index (χ0v) is 13.7. The largest absolute Gasteiger partial charge is 0.455 e. The Labute approximate surface area is 141 Å². The molecule has 5 heteroatoms. The third-order valence-corrected chi connectivity index (χ3v) is 3.86. The van der Waals surface area contributed by atoms with Gasteiger partial charge >= 0.3 is 0 Å². The summed E-state index contributed by atoms with van der Waals surface area (Å²) in [7, 11) is 0. The van der Waals surface area contributed by atoms with Gasteiger partial charge in [-0.2, -0.15) is 5.26 Å². The summed E-state index contributed by atoms with van der Waals surface area (Å²) in [5, 5.41) is 21.2. The molecule has 0 aliphatic carbocycles. The molecule has 1 amide bonds. The lowest BCUT2D eigenvalue weighted by molar-refractivity contribution is 0.0914. The van der Waals surface area contributed by atoms with E-state index in [-0.39, 0.29) is 24.5 Å². The highest BCUT2D eigenvalue weighted by atomic mass is 16.5. The van der Waals surface area contributed by atoms with Gasteiger partial charge < -0.3 is 15.2 Å². The molecular formula is C19H20N2O3. The summed E-state index contributed by atoms with van der Waals surface area (Å²) in [4.78, 5) is 12.5. The van der Waals surface area contributed by atoms with E-state index in [9.17, 15) is 9.90 Å². The van der Waals surface area contributed by atoms with E-state index in [2.05, 4.69) is 11.4 Å². The summed E-state index contributed by atoms with van der Waals surface area (Å²) < 4.78 is 5.79. The van der Waals surface area contributed by atoms with Gasteiger partial charge in [-0.25, -0.2) is 0 Å². The van der Waals surface area contributed by atoms with Crippen molar-refractivity contribution in [3.05, 3.63) is 59.7 Å². The third-order valence-electron chi connectivity index (χ3n) is 3.86. The molecule has 0 bridgehead atoms. The minimum Gasteiger partial charge on any atom is -0.455 e. The van der Waals surface area contributed by atoms with Crippen LogP contribution in [0.5, 0.6) is 11.5 Å². The maximum absolute atomic E-state index is 12.5. The highest BCUT2D eigenvalue weighted by Gasteiger charge is 2.18. The molecule has 0 unspecified atom stereocenters. The number of benzene rings is 2. The van der Waals surface area contributed by atoms with Crippen molar-refractivity contribution in [1.29, 1.82) is 5.26 Å². The molecule has 2 atom stereocenters. The van der Waals surface area contributed by atoms with Crippen LogP contribution in [0.1, 0.15) is 29.8 Å². The topological polar surface area (TPSA) is 82.3 Å². The van der Waals surface area contributed by atoms with Crippen molar-refractivity contribution in [2.24, 2.45) is 5.92 Å². The Balaban J connectivity index is 2.24. The maximum atomic E-state index is 12.5. The average molecular weight is 324 g/mol. The number of hydrogen-bond acceptors (Lipinski definition) is 4. The second kappa shape index (κ2) is 8.14. The summed E-state index contributed by atoms with van der Waals surface area (Å²) >= 11 is 0. The Morgan fingerprint density at radius 1 is 1.17 bits per heavy atom. The van der Waals surface area contributed by atoms with Crippen LogP contribution in [0.15, 0.2) is 48.5 Å². The first-order chi connectivity index (χ1) is 11.6. The number of nitrogens with zero attached hydrogens (tertiary/aromatic N) is 1. The molecule has 0 saturated carbocycles. The van der Waals surface area contributed by atoms with Crippen molar-refractivity contribution in [2.45, 2.75) is 19.9 Å². The quantitative estimate of drug-likeness (QED) is 0.855. The lowest BCUT2D eigenvalue weighted by Crippen LogP contribution is -2.38. The lowest BCUT2D eigenvalue weighted by atomic mass is 10.0. The number of nitrogens with one attached hydrogen (secondary N) is 1. The third kappa shape index (κ3) is 4.12. The zero-order chi connectivity index (χ0) is 17.5. The Hall–Kier alpha value is -2.84. The van der Waals surface area contributed by atoms with E-state index in [1.165, 1.54) is 0 Å². The van der Waals surface area contributed by atoms with Gasteiger partial charge in [0.05, 0.1) is 11.1 Å². The van der Waals surface area contributed by atoms with Gasteiger partial charge in [-0.3, -0.25) is 4.79 Å². The van der Waals surface area contributed by atoms with Gasteiger partial charge in [0.25, 0.3) is 5.91 Å². The van der Waals surface area contributed by atoms with Crippen LogP contribution in [0, 0.1) is 17.2 Å². The highest BCUT2D eigenvalue weighted by Crippen LogP contribution is 2.27. The number of amides is 1. The zero-order valence-electron chi connectivity index (χ0n) is 13.7. The fraction of sp³-hybridized carbons (Fsp3) is 0.263. The molecule has 5 nitrogen and oxygen atoms in total. The number of nitriles is 1. The minimum atomic E-state index is -0.284. The molecule has 0 radical (unpaired) electrons. The van der Waals surface area contributed by atoms with Gasteiger partial charge in [0.2, 0.25) is 0 Å². The van der Waals surface area contributed by atoms with E-state index in [0.29, 0.717) is 22.6 Å². The van der Waals surface area contributed by atoms with Crippen molar-refractivity contribution >= 4 is 5.91 Å². The standard InChI is InChI=1S/C19H20N2O3/c1-13(12-22)14(2)21-19(23)16-8-4-6-10-18(16)24-17-9-5-3-7-15(17)11-20/h3-10,13-14,22H,12H2,1-2H3,(H,21,23)/t13-,14+/m0/s1. The molecule has 0 heterocycles. The monoisotopic (exact) mass is 324 g/mol. The van der Waals surface area contributed by atoms with Crippen molar-refractivity contribution in [2.75, 3.05) is 6.61 Å². The van der Waals surface area contributed by atoms with E-state index in [4.69, 9.17) is 10.00 Å². The van der Waals surface area contributed by atoms with E-state index >= 15 is 0 Å². The molecule has 2 rings (SSSR count). The van der Waals surface area contributed by atoms with Crippen molar-refractivity contribution in [3.8, 4) is 17.6 Å². The molecule has 0 spiro atoms. The Morgan fingerprint density at radius 3 is 2.46 bits per heavy atom. The SMILES string of the molecule is C[C@@H](CO)[C@@H](C)NC(=O)c1ccccc1Oc1ccccc1C#N. The summed E-state index contributed by atoms with van der Waals surface area (Å²) in [5.41, 5.74) is 0.775. The number of hydrogen-bond donors (Lipinski definition) is 2. The van der Waals surface area contributed by atoms with Crippen LogP contribution in [0.3, 0.4) is 0 Å². The molecule has 0 saturated heterocycles. The first kappa shape index (κ1) is 17.5. The predicted molar refractivity (Wildman–Crippen MR) is 90.9 cm³/mol. The van der Waals surface area contributed by atoms with E-state index in [1.54, 1.807) is 48.5 Å². The van der Waals surface area contributed by atoms with Crippen LogP contribution in [-0.2, 0) is 0 Å². The molecule has 2 aromatic carbocycles. The first-order valence-electron chi connectivity index (χ1n) is 7.74. The Kier molecular flexibility index (Phi) is 5.94. The number of ether oxygens (including phenoxy) is 1. The predicted octanol–water partition coefficient (Wildman–Crippen LogP) is 3.10. The van der Waals surface area contributed by atoms with Gasteiger partial charge in [0.15, 0.2) is 0 Å². The molecule has 0 aromatic heterocycles. The minimum absolute atomic E-state index is 0.00482. The first-order valence-corrected chi connectivity index (χ1v) is 7.74. The van der Waals surface area contributed by atoms with Crippen LogP contribution in [-0.4, -0.2) is 23.7 Å². The van der Waals surface area contributed by atoms with Crippen LogP contribution < -0.4 is 10.1 Å². The number of aliphatic hydroxyl groups excluding tert-OH is 1. The molecule has 0 fully saturated rings. The molecule has 0 aliphatic heterocycles. The van der Waals surface area contributed by atoms with Crippen molar-refractivity contribution in [1.82, 2.24) is 5.32 Å². The number of para-hydroxylation sites is 2. The van der Waals surface area contributed by atoms with Gasteiger partial charge in [-0.15, -0.1) is 0 Å². The maximum Gasteiger partial charge on any atom is 0.255 e. The van der Waals surface area contributed by atoms with Crippen molar-refractivity contribution in [3.63, 3.8) is 0 Å². The van der Waals surface area contributed by atoms with Gasteiger partial charge in [-0.05, 0) is 37.1 Å². The number of carbonyl (C=O) groups is 1. The molecule has 2 N–H and O–H groups in total. The summed E-state index contributed by atoms with van der Waals surface area (Å²) in [6.45, 7) is 3.69. The summed E-state index contributed by atoms with van der Waals surface area (Å²) in [5.74, 6) is 0.438. The normalized spacial score (nSPS) is 12.8. The van der Waals surface area contributed by atoms with E-state index in [0.717, 1.165) is 0 Å². The second-order valence-corrected chi connectivity index (χ2v) is 5.63. The molecular weight excluding hydrogens is 304 g/mol. The fourth-order valence-corrected chi connectivity index (χ4v) is 2.09. The van der Waals surface area contributed by atoms with Gasteiger partial charge in [0.1, 0.15) is 17.6 Å². The number of rotatable bonds is 6. The Morgan fingerprint density at radius 2 is 1.79 bits per heavy atom. The van der Waals surface area contributed by atoms with Crippen LogP contribution in [0.25, 0.3) is 0 Å². The molecule has 24 heavy (non-hydrogen) atoms. The smallest absolute Gasteiger partial charge is 0.255 e. The molecule has 0 aliphatic rings. The van der Waals surface area contributed by atoms with Crippen LogP contribution >= 0.6 is 0 Å². The Bertz CT molecular complexity index is 752. The molecule has 2 aromatic rings. The van der Waals surface area contributed by atoms with Gasteiger partial charge in [0, 0.05) is 12.6 Å². The summed E-state index contributed by atoms with van der Waals surface area (Å²) in [6.07, 6.45) is 0. The molecule has 124 valence electrons. The van der Waals surface area contributed by atoms with Crippen LogP contribution in [0.2, 0.25) is 0 Å². The van der Waals surface area contributed by atoms with Crippen LogP contribution in [0.4, 0.5) is 0 Å². The summed E-state index contributed by atoms with van der Waals surface area (Å²) in [6, 6.07) is 15.6. The van der Waals surface area contributed by atoms with E-state index in [1.807, 2.05) is 13.8 Å². The number of aliphatic hydroxyl groups is 1. The van der Waals surface area contributed by atoms with Gasteiger partial charge in [-0.1, -0.05) is 31.2 Å². The highest BCUT2D eigenvalue weighted by molar-refractivity contribution is 5.97. The van der Waals surface area contributed by atoms with Crippen molar-refractivity contribution < 1.29 is 14.6 Å². The average Bonchev–Trinajstić information content (AvgIpc) is 2.61. The lowest BCUT2D eigenvalue weighted by Gasteiger charge is -2.20.